The molecule has 2 heterocycles. The van der Waals surface area contributed by atoms with Crippen molar-refractivity contribution in [2.45, 2.75) is 51.4 Å². The molecule has 2 aliphatic rings. The Kier molecular flexibility index (Phi) is 6.45. The van der Waals surface area contributed by atoms with Crippen LogP contribution in [0.5, 0.6) is 0 Å². The Morgan fingerprint density at radius 2 is 2.08 bits per heavy atom. The van der Waals surface area contributed by atoms with Gasteiger partial charge in [0.25, 0.3) is 5.91 Å². The molecular weight excluding hydrogens is 314 g/mol. The number of carbonyl (C=O) groups excluding carboxylic acids is 1. The minimum atomic E-state index is -0.350. The number of likely N-dealkylation sites (tertiary alicyclic amines) is 1. The Morgan fingerprint density at radius 3 is 2.80 bits per heavy atom. The number of nitrogens with zero attached hydrogens (tertiary/aromatic N) is 2. The number of benzene rings is 1. The molecule has 3 rings (SSSR count). The first-order chi connectivity index (χ1) is 12.2. The highest BCUT2D eigenvalue weighted by atomic mass is 16.5. The fraction of sp³-hybridized carbons (Fsp3) is 0.650. The fourth-order valence-electron chi connectivity index (χ4n) is 3.96. The first-order valence-corrected chi connectivity index (χ1v) is 9.58. The maximum absolute atomic E-state index is 12.6. The van der Waals surface area contributed by atoms with Gasteiger partial charge in [-0.3, -0.25) is 9.69 Å². The number of morpholine rings is 1. The molecule has 0 aliphatic carbocycles. The summed E-state index contributed by atoms with van der Waals surface area (Å²) in [4.78, 5) is 17.4. The van der Waals surface area contributed by atoms with Gasteiger partial charge in [0.2, 0.25) is 0 Å². The van der Waals surface area contributed by atoms with E-state index in [1.807, 2.05) is 6.07 Å². The van der Waals surface area contributed by atoms with E-state index in [9.17, 15) is 4.79 Å². The van der Waals surface area contributed by atoms with Crippen molar-refractivity contribution in [1.29, 1.82) is 0 Å². The average molecular weight is 345 g/mol. The van der Waals surface area contributed by atoms with Gasteiger partial charge in [-0.05, 0) is 31.9 Å². The van der Waals surface area contributed by atoms with Gasteiger partial charge in [-0.25, -0.2) is 0 Å². The van der Waals surface area contributed by atoms with Gasteiger partial charge in [0.1, 0.15) is 6.10 Å². The topological polar surface area (TPSA) is 44.8 Å². The minimum absolute atomic E-state index is 0.0555. The number of piperidine rings is 1. The van der Waals surface area contributed by atoms with Gasteiger partial charge in [-0.2, -0.15) is 0 Å². The monoisotopic (exact) mass is 345 g/mol. The Balaban J connectivity index is 1.48. The summed E-state index contributed by atoms with van der Waals surface area (Å²) in [5.41, 5.74) is 1.28. The number of rotatable bonds is 5. The number of ether oxygens (including phenoxy) is 1. The van der Waals surface area contributed by atoms with Crippen LogP contribution in [0.2, 0.25) is 0 Å². The van der Waals surface area contributed by atoms with E-state index in [4.69, 9.17) is 4.74 Å². The van der Waals surface area contributed by atoms with Crippen molar-refractivity contribution in [3.63, 3.8) is 0 Å². The van der Waals surface area contributed by atoms with Gasteiger partial charge in [-0.15, -0.1) is 0 Å². The van der Waals surface area contributed by atoms with Crippen molar-refractivity contribution in [3.8, 4) is 0 Å². The highest BCUT2D eigenvalue weighted by Gasteiger charge is 2.30. The number of carbonyl (C=O) groups is 1. The molecule has 5 heteroatoms. The summed E-state index contributed by atoms with van der Waals surface area (Å²) in [6.45, 7) is 9.65. The zero-order valence-electron chi connectivity index (χ0n) is 15.5. The Morgan fingerprint density at radius 1 is 1.28 bits per heavy atom. The Labute approximate surface area is 151 Å². The maximum atomic E-state index is 12.6. The van der Waals surface area contributed by atoms with Gasteiger partial charge < -0.3 is 15.0 Å². The third kappa shape index (κ3) is 5.03. The van der Waals surface area contributed by atoms with Crippen LogP contribution in [0.15, 0.2) is 30.3 Å². The molecule has 2 aliphatic heterocycles. The second kappa shape index (κ2) is 8.79. The standard InChI is InChI=1S/C20H31N3O2/c1-3-23-10-9-18(13-16(23)2)21-20(24)19-15-22(11-12-25-19)14-17-7-5-4-6-8-17/h4-8,16,18-19H,3,9-15H2,1-2H3,(H,21,24)/t16-,18+,19+/m1/s1. The summed E-state index contributed by atoms with van der Waals surface area (Å²) in [6.07, 6.45) is 1.71. The van der Waals surface area contributed by atoms with Gasteiger partial charge in [0.05, 0.1) is 6.61 Å². The van der Waals surface area contributed by atoms with Crippen molar-refractivity contribution in [3.05, 3.63) is 35.9 Å². The van der Waals surface area contributed by atoms with Crippen molar-refractivity contribution in [1.82, 2.24) is 15.1 Å². The third-order valence-electron chi connectivity index (χ3n) is 5.46. The van der Waals surface area contributed by atoms with E-state index in [2.05, 4.69) is 53.2 Å². The summed E-state index contributed by atoms with van der Waals surface area (Å²) in [7, 11) is 0. The van der Waals surface area contributed by atoms with E-state index in [1.165, 1.54) is 5.56 Å². The molecule has 0 radical (unpaired) electrons. The van der Waals surface area contributed by atoms with Crippen LogP contribution >= 0.6 is 0 Å². The molecule has 1 N–H and O–H groups in total. The third-order valence-corrected chi connectivity index (χ3v) is 5.46. The van der Waals surface area contributed by atoms with E-state index < -0.39 is 0 Å². The van der Waals surface area contributed by atoms with Crippen LogP contribution < -0.4 is 5.32 Å². The molecule has 25 heavy (non-hydrogen) atoms. The van der Waals surface area contributed by atoms with Crippen molar-refractivity contribution < 1.29 is 9.53 Å². The summed E-state index contributed by atoms with van der Waals surface area (Å²) in [5, 5.41) is 3.23. The van der Waals surface area contributed by atoms with Crippen molar-refractivity contribution in [2.75, 3.05) is 32.8 Å². The zero-order chi connectivity index (χ0) is 17.6. The molecule has 0 aromatic heterocycles. The van der Waals surface area contributed by atoms with Gasteiger partial charge >= 0.3 is 0 Å². The zero-order valence-corrected chi connectivity index (χ0v) is 15.5. The largest absolute Gasteiger partial charge is 0.366 e. The van der Waals surface area contributed by atoms with E-state index in [-0.39, 0.29) is 18.1 Å². The van der Waals surface area contributed by atoms with Crippen LogP contribution in [0.1, 0.15) is 32.3 Å². The fourth-order valence-corrected chi connectivity index (χ4v) is 3.96. The normalized spacial score (nSPS) is 28.6. The molecule has 1 amide bonds. The molecule has 0 unspecified atom stereocenters. The van der Waals surface area contributed by atoms with Crippen LogP contribution in [0.3, 0.4) is 0 Å². The number of hydrogen-bond donors (Lipinski definition) is 1. The van der Waals surface area contributed by atoms with Crippen LogP contribution in [-0.2, 0) is 16.1 Å². The molecule has 0 bridgehead atoms. The SMILES string of the molecule is CCN1CC[C@H](NC(=O)[C@@H]2CN(Cc3ccccc3)CCO2)C[C@H]1C. The molecule has 3 atom stereocenters. The van der Waals surface area contributed by atoms with E-state index in [0.717, 1.165) is 39.0 Å². The maximum Gasteiger partial charge on any atom is 0.250 e. The van der Waals surface area contributed by atoms with E-state index in [0.29, 0.717) is 19.2 Å². The van der Waals surface area contributed by atoms with Gasteiger partial charge in [0.15, 0.2) is 0 Å². The summed E-state index contributed by atoms with van der Waals surface area (Å²) in [5.74, 6) is 0.0555. The van der Waals surface area contributed by atoms with Crippen LogP contribution in [0, 0.1) is 0 Å². The molecule has 2 fully saturated rings. The Bertz CT molecular complexity index is 551. The Hall–Kier alpha value is -1.43. The molecular formula is C20H31N3O2. The highest BCUT2D eigenvalue weighted by Crippen LogP contribution is 2.18. The first-order valence-electron chi connectivity index (χ1n) is 9.58. The summed E-state index contributed by atoms with van der Waals surface area (Å²) in [6, 6.07) is 11.2. The lowest BCUT2D eigenvalue weighted by molar-refractivity contribution is -0.140. The molecule has 1 aromatic rings. The van der Waals surface area contributed by atoms with Crippen LogP contribution in [0.4, 0.5) is 0 Å². The molecule has 2 saturated heterocycles. The molecule has 0 spiro atoms. The van der Waals surface area contributed by atoms with Gasteiger partial charge in [-0.1, -0.05) is 37.3 Å². The number of hydrogen-bond acceptors (Lipinski definition) is 4. The lowest BCUT2D eigenvalue weighted by Crippen LogP contribution is -2.54. The number of nitrogens with one attached hydrogen (secondary N) is 1. The minimum Gasteiger partial charge on any atom is -0.366 e. The van der Waals surface area contributed by atoms with Crippen LogP contribution in [0.25, 0.3) is 0 Å². The lowest BCUT2D eigenvalue weighted by atomic mass is 9.98. The summed E-state index contributed by atoms with van der Waals surface area (Å²) < 4.78 is 5.75. The van der Waals surface area contributed by atoms with E-state index >= 15 is 0 Å². The molecule has 5 nitrogen and oxygen atoms in total. The predicted octanol–water partition coefficient (Wildman–Crippen LogP) is 1.88. The van der Waals surface area contributed by atoms with Crippen molar-refractivity contribution >= 4 is 5.91 Å². The molecule has 0 saturated carbocycles. The lowest BCUT2D eigenvalue weighted by Gasteiger charge is -2.38. The smallest absolute Gasteiger partial charge is 0.250 e. The quantitative estimate of drug-likeness (QED) is 0.885. The van der Waals surface area contributed by atoms with E-state index in [1.54, 1.807) is 0 Å². The predicted molar refractivity (Wildman–Crippen MR) is 99.3 cm³/mol. The first kappa shape index (κ1) is 18.4. The number of amides is 1. The van der Waals surface area contributed by atoms with Crippen LogP contribution in [-0.4, -0.2) is 66.7 Å². The average Bonchev–Trinajstić information content (AvgIpc) is 2.63. The second-order valence-electron chi connectivity index (χ2n) is 7.29. The molecule has 138 valence electrons. The highest BCUT2D eigenvalue weighted by molar-refractivity contribution is 5.81. The molecule has 1 aromatic carbocycles. The summed E-state index contributed by atoms with van der Waals surface area (Å²) >= 11 is 0. The second-order valence-corrected chi connectivity index (χ2v) is 7.29. The van der Waals surface area contributed by atoms with Crippen molar-refractivity contribution in [2.24, 2.45) is 0 Å². The van der Waals surface area contributed by atoms with Gasteiger partial charge in [0, 0.05) is 38.3 Å².